The quantitative estimate of drug-likeness (QED) is 0.839. The molecule has 5 heteroatoms. The lowest BCUT2D eigenvalue weighted by atomic mass is 10.1. The van der Waals surface area contributed by atoms with Gasteiger partial charge in [0.15, 0.2) is 0 Å². The highest BCUT2D eigenvalue weighted by atomic mass is 79.9. The molecule has 3 nitrogen and oxygen atoms in total. The van der Waals surface area contributed by atoms with E-state index >= 15 is 0 Å². The lowest BCUT2D eigenvalue weighted by molar-refractivity contribution is 0.0716. The molecule has 1 aromatic carbocycles. The Balaban J connectivity index is 2.16. The molecular formula is C14H18BrClN2O. The second-order valence-electron chi connectivity index (χ2n) is 5.19. The molecule has 1 aliphatic heterocycles. The number of carbonyl (C=O) groups is 1. The van der Waals surface area contributed by atoms with E-state index in [4.69, 9.17) is 11.6 Å². The Bertz CT molecular complexity index is 479. The zero-order valence-electron chi connectivity index (χ0n) is 11.2. The second-order valence-corrected chi connectivity index (χ2v) is 6.45. The van der Waals surface area contributed by atoms with Crippen molar-refractivity contribution in [3.05, 3.63) is 33.3 Å². The number of likely N-dealkylation sites (N-methyl/N-ethyl adjacent to an activating group) is 1. The average molecular weight is 346 g/mol. The van der Waals surface area contributed by atoms with Crippen molar-refractivity contribution in [1.29, 1.82) is 0 Å². The molecule has 0 radical (unpaired) electrons. The van der Waals surface area contributed by atoms with Crippen LogP contribution in [-0.4, -0.2) is 48.9 Å². The molecule has 0 aliphatic carbocycles. The number of likely N-dealkylation sites (tertiary alicyclic amines) is 1. The van der Waals surface area contributed by atoms with Crippen molar-refractivity contribution in [2.24, 2.45) is 0 Å². The smallest absolute Gasteiger partial charge is 0.254 e. The van der Waals surface area contributed by atoms with Crippen molar-refractivity contribution in [3.63, 3.8) is 0 Å². The van der Waals surface area contributed by atoms with E-state index in [1.54, 1.807) is 18.2 Å². The van der Waals surface area contributed by atoms with E-state index < -0.39 is 0 Å². The van der Waals surface area contributed by atoms with Crippen LogP contribution in [-0.2, 0) is 0 Å². The third kappa shape index (κ3) is 3.50. The Hall–Kier alpha value is -0.580. The third-order valence-corrected chi connectivity index (χ3v) is 4.59. The van der Waals surface area contributed by atoms with Gasteiger partial charge in [0, 0.05) is 29.2 Å². The minimum atomic E-state index is 0.0988. The molecule has 1 atom stereocenters. The van der Waals surface area contributed by atoms with Gasteiger partial charge in [0.1, 0.15) is 0 Å². The predicted octanol–water partition coefficient (Wildman–Crippen LogP) is 3.27. The zero-order chi connectivity index (χ0) is 14.0. The summed E-state index contributed by atoms with van der Waals surface area (Å²) in [6.45, 7) is 1.76. The van der Waals surface area contributed by atoms with Crippen LogP contribution in [0.5, 0.6) is 0 Å². The minimum Gasteiger partial charge on any atom is -0.334 e. The van der Waals surface area contributed by atoms with Crippen LogP contribution in [0, 0.1) is 0 Å². The van der Waals surface area contributed by atoms with Gasteiger partial charge in [-0.2, -0.15) is 0 Å². The van der Waals surface area contributed by atoms with Crippen molar-refractivity contribution in [1.82, 2.24) is 9.80 Å². The van der Waals surface area contributed by atoms with Crippen LogP contribution < -0.4 is 0 Å². The molecule has 1 aromatic rings. The maximum Gasteiger partial charge on any atom is 0.254 e. The molecule has 0 spiro atoms. The van der Waals surface area contributed by atoms with Gasteiger partial charge in [-0.3, -0.25) is 4.79 Å². The number of hydrogen-bond donors (Lipinski definition) is 0. The molecule has 0 aromatic heterocycles. The number of hydrogen-bond acceptors (Lipinski definition) is 2. The first-order valence-corrected chi connectivity index (χ1v) is 7.57. The van der Waals surface area contributed by atoms with Gasteiger partial charge in [-0.05, 0) is 61.1 Å². The summed E-state index contributed by atoms with van der Waals surface area (Å²) in [5.41, 5.74) is 0.696. The van der Waals surface area contributed by atoms with Crippen LogP contribution in [0.3, 0.4) is 0 Å². The number of rotatable bonds is 3. The fourth-order valence-corrected chi connectivity index (χ4v) is 3.01. The van der Waals surface area contributed by atoms with Crippen LogP contribution in [0.4, 0.5) is 0 Å². The van der Waals surface area contributed by atoms with E-state index in [0.29, 0.717) is 16.6 Å². The largest absolute Gasteiger partial charge is 0.334 e. The van der Waals surface area contributed by atoms with E-state index in [2.05, 4.69) is 20.8 Å². The van der Waals surface area contributed by atoms with E-state index in [1.807, 2.05) is 19.0 Å². The summed E-state index contributed by atoms with van der Waals surface area (Å²) in [5, 5.41) is 0.628. The van der Waals surface area contributed by atoms with Crippen LogP contribution in [0.1, 0.15) is 23.2 Å². The van der Waals surface area contributed by atoms with Gasteiger partial charge in [0.25, 0.3) is 5.91 Å². The Labute approximate surface area is 127 Å². The highest BCUT2D eigenvalue weighted by Gasteiger charge is 2.29. The van der Waals surface area contributed by atoms with E-state index in [0.717, 1.165) is 30.4 Å². The van der Waals surface area contributed by atoms with Gasteiger partial charge in [0.05, 0.1) is 5.02 Å². The zero-order valence-corrected chi connectivity index (χ0v) is 13.5. The molecule has 104 valence electrons. The number of amides is 1. The van der Waals surface area contributed by atoms with Crippen molar-refractivity contribution in [2.75, 3.05) is 27.2 Å². The lowest BCUT2D eigenvalue weighted by Crippen LogP contribution is -2.41. The van der Waals surface area contributed by atoms with Crippen LogP contribution in [0.15, 0.2) is 22.7 Å². The summed E-state index contributed by atoms with van der Waals surface area (Å²) < 4.78 is 0.767. The average Bonchev–Trinajstić information content (AvgIpc) is 2.79. The fraction of sp³-hybridized carbons (Fsp3) is 0.500. The summed E-state index contributed by atoms with van der Waals surface area (Å²) in [6, 6.07) is 5.67. The second kappa shape index (κ2) is 6.25. The maximum absolute atomic E-state index is 12.5. The van der Waals surface area contributed by atoms with Gasteiger partial charge in [-0.25, -0.2) is 0 Å². The third-order valence-electron chi connectivity index (χ3n) is 3.38. The summed E-state index contributed by atoms with van der Waals surface area (Å²) in [7, 11) is 4.08. The molecule has 0 bridgehead atoms. The number of carbonyl (C=O) groups excluding carboxylic acids is 1. The maximum atomic E-state index is 12.5. The Morgan fingerprint density at radius 3 is 2.89 bits per heavy atom. The normalized spacial score (nSPS) is 19.2. The van der Waals surface area contributed by atoms with E-state index in [-0.39, 0.29) is 5.91 Å². The molecule has 1 saturated heterocycles. The number of halogens is 2. The molecule has 1 unspecified atom stereocenters. The highest BCUT2D eigenvalue weighted by Crippen LogP contribution is 2.26. The first-order valence-electron chi connectivity index (χ1n) is 6.40. The fourth-order valence-electron chi connectivity index (χ4n) is 2.51. The Morgan fingerprint density at radius 1 is 1.53 bits per heavy atom. The standard InChI is InChI=1S/C14H18BrClN2O/c1-17(2)9-11-4-3-7-18(11)14(19)10-5-6-13(16)12(15)8-10/h5-6,8,11H,3-4,7,9H2,1-2H3. The van der Waals surface area contributed by atoms with E-state index in [1.165, 1.54) is 0 Å². The molecule has 1 heterocycles. The topological polar surface area (TPSA) is 23.6 Å². The summed E-state index contributed by atoms with van der Waals surface area (Å²) in [5.74, 6) is 0.0988. The lowest BCUT2D eigenvalue weighted by Gasteiger charge is -2.27. The molecule has 0 N–H and O–H groups in total. The first-order chi connectivity index (χ1) is 8.99. The highest BCUT2D eigenvalue weighted by molar-refractivity contribution is 9.10. The molecule has 0 saturated carbocycles. The van der Waals surface area contributed by atoms with Gasteiger partial charge in [-0.1, -0.05) is 11.6 Å². The Morgan fingerprint density at radius 2 is 2.26 bits per heavy atom. The van der Waals surface area contributed by atoms with Gasteiger partial charge >= 0.3 is 0 Å². The summed E-state index contributed by atoms with van der Waals surface area (Å²) in [4.78, 5) is 16.7. The first kappa shape index (κ1) is 14.8. The minimum absolute atomic E-state index is 0.0988. The van der Waals surface area contributed by atoms with Crippen LogP contribution >= 0.6 is 27.5 Å². The summed E-state index contributed by atoms with van der Waals surface area (Å²) >= 11 is 9.33. The molecule has 1 aliphatic rings. The van der Waals surface area contributed by atoms with Crippen molar-refractivity contribution in [2.45, 2.75) is 18.9 Å². The molecule has 2 rings (SSSR count). The van der Waals surface area contributed by atoms with Gasteiger partial charge < -0.3 is 9.80 Å². The van der Waals surface area contributed by atoms with Gasteiger partial charge in [-0.15, -0.1) is 0 Å². The monoisotopic (exact) mass is 344 g/mol. The van der Waals surface area contributed by atoms with Crippen molar-refractivity contribution < 1.29 is 4.79 Å². The van der Waals surface area contributed by atoms with Crippen molar-refractivity contribution in [3.8, 4) is 0 Å². The number of nitrogens with zero attached hydrogens (tertiary/aromatic N) is 2. The Kier molecular flexibility index (Phi) is 4.87. The predicted molar refractivity (Wildman–Crippen MR) is 81.8 cm³/mol. The molecule has 19 heavy (non-hydrogen) atoms. The van der Waals surface area contributed by atoms with Crippen LogP contribution in [0.25, 0.3) is 0 Å². The van der Waals surface area contributed by atoms with Gasteiger partial charge in [0.2, 0.25) is 0 Å². The molecule has 1 amide bonds. The molecular weight excluding hydrogens is 328 g/mol. The van der Waals surface area contributed by atoms with Crippen molar-refractivity contribution >= 4 is 33.4 Å². The number of benzene rings is 1. The SMILES string of the molecule is CN(C)CC1CCCN1C(=O)c1ccc(Cl)c(Br)c1. The molecule has 1 fully saturated rings. The van der Waals surface area contributed by atoms with Crippen LogP contribution in [0.2, 0.25) is 5.02 Å². The summed E-state index contributed by atoms with van der Waals surface area (Å²) in [6.07, 6.45) is 2.16. The van der Waals surface area contributed by atoms with E-state index in [9.17, 15) is 4.79 Å².